The van der Waals surface area contributed by atoms with Crippen molar-refractivity contribution in [3.8, 4) is 0 Å². The lowest BCUT2D eigenvalue weighted by Crippen LogP contribution is -2.29. The summed E-state index contributed by atoms with van der Waals surface area (Å²) in [7, 11) is 2.92. The van der Waals surface area contributed by atoms with E-state index < -0.39 is 17.7 Å². The molecule has 0 bridgehead atoms. The third-order valence-electron chi connectivity index (χ3n) is 1.76. The summed E-state index contributed by atoms with van der Waals surface area (Å²) in [6.45, 7) is 0. The quantitative estimate of drug-likeness (QED) is 0.550. The Hall–Kier alpha value is -1.16. The summed E-state index contributed by atoms with van der Waals surface area (Å²) in [5.74, 6) is -0.523. The second kappa shape index (κ2) is 3.49. The fourth-order valence-corrected chi connectivity index (χ4v) is 1.06. The summed E-state index contributed by atoms with van der Waals surface area (Å²) in [6, 6.07) is 0. The summed E-state index contributed by atoms with van der Waals surface area (Å²) in [5.41, 5.74) is 0. The number of ether oxygens (including phenoxy) is 2. The molecule has 66 valence electrons. The molecule has 0 fully saturated rings. The molecule has 0 spiro atoms. The van der Waals surface area contributed by atoms with Crippen LogP contribution >= 0.6 is 0 Å². The van der Waals surface area contributed by atoms with Gasteiger partial charge in [0.1, 0.15) is 11.9 Å². The van der Waals surface area contributed by atoms with Gasteiger partial charge in [0.2, 0.25) is 11.6 Å². The first kappa shape index (κ1) is 8.93. The summed E-state index contributed by atoms with van der Waals surface area (Å²) >= 11 is 0. The second-order valence-corrected chi connectivity index (χ2v) is 2.47. The topological polar surface area (TPSA) is 52.6 Å². The number of Topliss-reactive ketones (excluding diaryl/α,β-unsaturated/α-hetero) is 1. The third kappa shape index (κ3) is 1.53. The Labute approximate surface area is 70.1 Å². The van der Waals surface area contributed by atoms with Crippen LogP contribution in [0.3, 0.4) is 0 Å². The summed E-state index contributed by atoms with van der Waals surface area (Å²) in [4.78, 5) is 21.8. The molecule has 4 nitrogen and oxygen atoms in total. The maximum absolute atomic E-state index is 10.9. The molecule has 0 saturated carbocycles. The molecular weight excluding hydrogens is 160 g/mol. The van der Waals surface area contributed by atoms with Gasteiger partial charge in [0, 0.05) is 19.6 Å². The fraction of sp³-hybridized carbons (Fsp3) is 0.500. The number of carbonyl (C=O) groups is 2. The maximum Gasteiger partial charge on any atom is 0.224 e. The van der Waals surface area contributed by atoms with E-state index in [-0.39, 0.29) is 6.42 Å². The van der Waals surface area contributed by atoms with E-state index in [0.29, 0.717) is 5.76 Å². The second-order valence-electron chi connectivity index (χ2n) is 2.47. The number of hydrogen-bond donors (Lipinski definition) is 0. The highest BCUT2D eigenvalue weighted by atomic mass is 16.5. The number of ketones is 2. The molecule has 0 aromatic rings. The van der Waals surface area contributed by atoms with Gasteiger partial charge >= 0.3 is 0 Å². The predicted molar refractivity (Wildman–Crippen MR) is 40.5 cm³/mol. The number of methoxy groups -OCH3 is 2. The van der Waals surface area contributed by atoms with Crippen LogP contribution in [0.25, 0.3) is 0 Å². The van der Waals surface area contributed by atoms with E-state index in [1.165, 1.54) is 20.3 Å². The van der Waals surface area contributed by atoms with Crippen LogP contribution in [-0.4, -0.2) is 31.9 Å². The molecule has 0 heterocycles. The van der Waals surface area contributed by atoms with Crippen molar-refractivity contribution in [3.05, 3.63) is 11.8 Å². The highest BCUT2D eigenvalue weighted by molar-refractivity contribution is 6.42. The Morgan fingerprint density at radius 1 is 1.42 bits per heavy atom. The van der Waals surface area contributed by atoms with Crippen LogP contribution < -0.4 is 0 Å². The van der Waals surface area contributed by atoms with Crippen molar-refractivity contribution in [3.63, 3.8) is 0 Å². The van der Waals surface area contributed by atoms with Crippen molar-refractivity contribution in [1.82, 2.24) is 0 Å². The SMILES string of the molecule is COC1=CC(=O)C(=O)C[C@@H]1OC. The van der Waals surface area contributed by atoms with E-state index in [0.717, 1.165) is 0 Å². The summed E-state index contributed by atoms with van der Waals surface area (Å²) in [6.07, 6.45) is 0.856. The smallest absolute Gasteiger partial charge is 0.224 e. The van der Waals surface area contributed by atoms with Gasteiger partial charge in [0.05, 0.1) is 7.11 Å². The van der Waals surface area contributed by atoms with Gasteiger partial charge in [0.25, 0.3) is 0 Å². The molecule has 0 amide bonds. The molecule has 1 atom stereocenters. The van der Waals surface area contributed by atoms with E-state index in [1.54, 1.807) is 0 Å². The van der Waals surface area contributed by atoms with Gasteiger partial charge in [-0.2, -0.15) is 0 Å². The zero-order valence-electron chi connectivity index (χ0n) is 6.99. The maximum atomic E-state index is 10.9. The number of hydrogen-bond acceptors (Lipinski definition) is 4. The van der Waals surface area contributed by atoms with Crippen molar-refractivity contribution in [1.29, 1.82) is 0 Å². The minimum atomic E-state index is -0.514. The zero-order valence-corrected chi connectivity index (χ0v) is 6.99. The van der Waals surface area contributed by atoms with Gasteiger partial charge < -0.3 is 9.47 Å². The standard InChI is InChI=1S/C8H10O4/c1-11-7-3-5(9)6(10)4-8(7)12-2/h3,8H,4H2,1-2H3/t8-/m0/s1. The monoisotopic (exact) mass is 170 g/mol. The lowest BCUT2D eigenvalue weighted by molar-refractivity contribution is -0.136. The van der Waals surface area contributed by atoms with Crippen LogP contribution in [0.4, 0.5) is 0 Å². The molecule has 12 heavy (non-hydrogen) atoms. The minimum absolute atomic E-state index is 0.0784. The van der Waals surface area contributed by atoms with Crippen molar-refractivity contribution in [2.75, 3.05) is 14.2 Å². The van der Waals surface area contributed by atoms with E-state index in [1.807, 2.05) is 0 Å². The van der Waals surface area contributed by atoms with Gasteiger partial charge in [-0.25, -0.2) is 0 Å². The highest BCUT2D eigenvalue weighted by Crippen LogP contribution is 2.16. The first-order valence-corrected chi connectivity index (χ1v) is 3.54. The molecule has 0 aromatic carbocycles. The first-order chi connectivity index (χ1) is 5.69. The Bertz CT molecular complexity index is 241. The number of allylic oxidation sites excluding steroid dienone is 1. The van der Waals surface area contributed by atoms with E-state index in [9.17, 15) is 9.59 Å². The predicted octanol–water partition coefficient (Wildman–Crippen LogP) is 0.0736. The minimum Gasteiger partial charge on any atom is -0.498 e. The molecule has 0 N–H and O–H groups in total. The zero-order chi connectivity index (χ0) is 9.14. The highest BCUT2D eigenvalue weighted by Gasteiger charge is 2.28. The molecule has 0 saturated heterocycles. The van der Waals surface area contributed by atoms with Crippen LogP contribution in [0.5, 0.6) is 0 Å². The first-order valence-electron chi connectivity index (χ1n) is 3.54. The summed E-state index contributed by atoms with van der Waals surface area (Å²) in [5, 5.41) is 0. The molecule has 1 aliphatic carbocycles. The van der Waals surface area contributed by atoms with E-state index in [2.05, 4.69) is 0 Å². The Morgan fingerprint density at radius 2 is 2.08 bits per heavy atom. The van der Waals surface area contributed by atoms with E-state index in [4.69, 9.17) is 9.47 Å². The number of rotatable bonds is 2. The molecule has 1 rings (SSSR count). The van der Waals surface area contributed by atoms with Crippen LogP contribution in [0.2, 0.25) is 0 Å². The lowest BCUT2D eigenvalue weighted by Gasteiger charge is -2.19. The molecular formula is C8H10O4. The molecule has 0 unspecified atom stereocenters. The van der Waals surface area contributed by atoms with Crippen LogP contribution in [0.1, 0.15) is 6.42 Å². The van der Waals surface area contributed by atoms with Crippen molar-refractivity contribution in [2.24, 2.45) is 0 Å². The van der Waals surface area contributed by atoms with Crippen LogP contribution in [0, 0.1) is 0 Å². The molecule has 1 aliphatic rings. The molecule has 0 aromatic heterocycles. The Morgan fingerprint density at radius 3 is 2.58 bits per heavy atom. The average molecular weight is 170 g/mol. The normalized spacial score (nSPS) is 23.8. The number of carbonyl (C=O) groups excluding carboxylic acids is 2. The van der Waals surface area contributed by atoms with Crippen LogP contribution in [0.15, 0.2) is 11.8 Å². The molecule has 0 radical (unpaired) electrons. The van der Waals surface area contributed by atoms with Crippen molar-refractivity contribution < 1.29 is 19.1 Å². The largest absolute Gasteiger partial charge is 0.498 e. The van der Waals surface area contributed by atoms with Crippen LogP contribution in [-0.2, 0) is 19.1 Å². The van der Waals surface area contributed by atoms with Gasteiger partial charge in [-0.1, -0.05) is 0 Å². The Kier molecular flexibility index (Phi) is 2.60. The fourth-order valence-electron chi connectivity index (χ4n) is 1.06. The molecule has 0 aliphatic heterocycles. The molecule has 4 heteroatoms. The van der Waals surface area contributed by atoms with E-state index >= 15 is 0 Å². The van der Waals surface area contributed by atoms with Crippen molar-refractivity contribution in [2.45, 2.75) is 12.5 Å². The lowest BCUT2D eigenvalue weighted by atomic mass is 10.0. The van der Waals surface area contributed by atoms with Gasteiger partial charge in [-0.3, -0.25) is 9.59 Å². The Balaban J connectivity index is 2.87. The average Bonchev–Trinajstić information content (AvgIpc) is 2.09. The third-order valence-corrected chi connectivity index (χ3v) is 1.76. The van der Waals surface area contributed by atoms with Gasteiger partial charge in [-0.15, -0.1) is 0 Å². The summed E-state index contributed by atoms with van der Waals surface area (Å²) < 4.78 is 9.82. The van der Waals surface area contributed by atoms with Gasteiger partial charge in [-0.05, 0) is 0 Å². The van der Waals surface area contributed by atoms with Crippen molar-refractivity contribution >= 4 is 11.6 Å². The van der Waals surface area contributed by atoms with Gasteiger partial charge in [0.15, 0.2) is 0 Å².